The molecular formula is C16H24BrNS. The average molecular weight is 342 g/mol. The van der Waals surface area contributed by atoms with Crippen LogP contribution in [0.2, 0.25) is 0 Å². The highest BCUT2D eigenvalue weighted by Gasteiger charge is 2.09. The number of hydrogen-bond acceptors (Lipinski definition) is 2. The Labute approximate surface area is 130 Å². The van der Waals surface area contributed by atoms with Crippen LogP contribution in [0.1, 0.15) is 33.1 Å². The van der Waals surface area contributed by atoms with Gasteiger partial charge in [0.25, 0.3) is 0 Å². The van der Waals surface area contributed by atoms with E-state index in [9.17, 15) is 0 Å². The van der Waals surface area contributed by atoms with Crippen molar-refractivity contribution in [2.75, 3.05) is 12.3 Å². The maximum absolute atomic E-state index is 4.00. The lowest BCUT2D eigenvalue weighted by atomic mass is 10.1. The molecule has 1 N–H and O–H groups in total. The van der Waals surface area contributed by atoms with Crippen LogP contribution in [0.3, 0.4) is 0 Å². The van der Waals surface area contributed by atoms with Crippen LogP contribution in [-0.4, -0.2) is 18.3 Å². The zero-order chi connectivity index (χ0) is 14.1. The Kier molecular flexibility index (Phi) is 8.51. The van der Waals surface area contributed by atoms with Crippen LogP contribution < -0.4 is 5.32 Å². The fourth-order valence-electron chi connectivity index (χ4n) is 1.77. The van der Waals surface area contributed by atoms with Gasteiger partial charge in [-0.15, -0.1) is 18.3 Å². The van der Waals surface area contributed by atoms with Crippen molar-refractivity contribution in [1.29, 1.82) is 0 Å². The molecule has 0 radical (unpaired) electrons. The van der Waals surface area contributed by atoms with Gasteiger partial charge in [-0.2, -0.15) is 0 Å². The Bertz CT molecular complexity index is 392. The Balaban J connectivity index is 2.47. The van der Waals surface area contributed by atoms with Gasteiger partial charge in [0, 0.05) is 21.2 Å². The van der Waals surface area contributed by atoms with Crippen LogP contribution in [0.4, 0.5) is 0 Å². The summed E-state index contributed by atoms with van der Waals surface area (Å²) < 4.78 is 1.19. The lowest BCUT2D eigenvalue weighted by Crippen LogP contribution is -2.32. The highest BCUT2D eigenvalue weighted by atomic mass is 79.9. The number of nitrogens with one attached hydrogen (secondary N) is 1. The molecular weight excluding hydrogens is 318 g/mol. The molecule has 3 heteroatoms. The zero-order valence-electron chi connectivity index (χ0n) is 11.9. The second kappa shape index (κ2) is 9.62. The minimum absolute atomic E-state index is 0.564. The van der Waals surface area contributed by atoms with Gasteiger partial charge in [0.05, 0.1) is 0 Å². The Hall–Kier alpha value is -0.250. The van der Waals surface area contributed by atoms with Crippen molar-refractivity contribution in [1.82, 2.24) is 5.32 Å². The fraction of sp³-hybridized carbons (Fsp3) is 0.500. The molecule has 19 heavy (non-hydrogen) atoms. The maximum Gasteiger partial charge on any atom is 0.0311 e. The van der Waals surface area contributed by atoms with Crippen LogP contribution in [-0.2, 0) is 0 Å². The van der Waals surface area contributed by atoms with Gasteiger partial charge in [-0.05, 0) is 60.8 Å². The van der Waals surface area contributed by atoms with E-state index in [2.05, 4.69) is 65.9 Å². The summed E-state index contributed by atoms with van der Waals surface area (Å²) in [5.41, 5.74) is 1.27. The number of allylic oxidation sites excluding steroid dienone is 1. The molecule has 1 unspecified atom stereocenters. The third-order valence-electron chi connectivity index (χ3n) is 2.88. The quantitative estimate of drug-likeness (QED) is 0.485. The van der Waals surface area contributed by atoms with Crippen molar-refractivity contribution in [3.63, 3.8) is 0 Å². The van der Waals surface area contributed by atoms with Gasteiger partial charge in [-0.3, -0.25) is 0 Å². The lowest BCUT2D eigenvalue weighted by molar-refractivity contribution is 0.519. The summed E-state index contributed by atoms with van der Waals surface area (Å²) in [5, 5.41) is 3.64. The first-order valence-electron chi connectivity index (χ1n) is 6.88. The normalized spacial score (nSPS) is 12.4. The summed E-state index contributed by atoms with van der Waals surface area (Å²) in [5.74, 6) is 1.11. The smallest absolute Gasteiger partial charge is 0.0311 e. The minimum Gasteiger partial charge on any atom is -0.313 e. The van der Waals surface area contributed by atoms with Gasteiger partial charge in [0.15, 0.2) is 0 Å². The third-order valence-corrected chi connectivity index (χ3v) is 5.07. The summed E-state index contributed by atoms with van der Waals surface area (Å²) in [4.78, 5) is 1.32. The molecule has 1 aromatic carbocycles. The summed E-state index contributed by atoms with van der Waals surface area (Å²) in [6.07, 6.45) is 3.47. The molecule has 0 fully saturated rings. The molecule has 1 atom stereocenters. The van der Waals surface area contributed by atoms with Gasteiger partial charge in [-0.1, -0.05) is 24.6 Å². The van der Waals surface area contributed by atoms with Crippen molar-refractivity contribution in [2.45, 2.75) is 44.0 Å². The zero-order valence-corrected chi connectivity index (χ0v) is 14.3. The Morgan fingerprint density at radius 2 is 2.16 bits per heavy atom. The van der Waals surface area contributed by atoms with E-state index in [0.29, 0.717) is 6.04 Å². The first kappa shape index (κ1) is 16.8. The topological polar surface area (TPSA) is 12.0 Å². The van der Waals surface area contributed by atoms with E-state index in [1.807, 2.05) is 11.8 Å². The second-order valence-corrected chi connectivity index (χ2v) is 6.80. The maximum atomic E-state index is 4.00. The van der Waals surface area contributed by atoms with Crippen LogP contribution >= 0.6 is 27.7 Å². The van der Waals surface area contributed by atoms with E-state index in [1.54, 1.807) is 0 Å². The fourth-order valence-corrected chi connectivity index (χ4v) is 3.44. The molecule has 0 saturated carbocycles. The predicted octanol–water partition coefficient (Wildman–Crippen LogP) is 5.27. The minimum atomic E-state index is 0.564. The monoisotopic (exact) mass is 341 g/mol. The van der Waals surface area contributed by atoms with Gasteiger partial charge >= 0.3 is 0 Å². The second-order valence-electron chi connectivity index (χ2n) is 4.89. The molecule has 0 saturated heterocycles. The summed E-state index contributed by atoms with van der Waals surface area (Å²) >= 11 is 5.52. The molecule has 0 amide bonds. The van der Waals surface area contributed by atoms with E-state index < -0.39 is 0 Å². The Morgan fingerprint density at radius 1 is 1.42 bits per heavy atom. The van der Waals surface area contributed by atoms with Crippen LogP contribution in [0.15, 0.2) is 45.8 Å². The molecule has 1 nitrogen and oxygen atoms in total. The van der Waals surface area contributed by atoms with Crippen LogP contribution in [0.5, 0.6) is 0 Å². The first-order valence-corrected chi connectivity index (χ1v) is 8.66. The largest absolute Gasteiger partial charge is 0.313 e. The van der Waals surface area contributed by atoms with Gasteiger partial charge in [0.1, 0.15) is 0 Å². The van der Waals surface area contributed by atoms with E-state index in [1.165, 1.54) is 27.8 Å². The summed E-state index contributed by atoms with van der Waals surface area (Å²) in [7, 11) is 0. The number of thioether (sulfide) groups is 1. The van der Waals surface area contributed by atoms with Gasteiger partial charge < -0.3 is 5.32 Å². The van der Waals surface area contributed by atoms with E-state index in [0.717, 1.165) is 18.7 Å². The van der Waals surface area contributed by atoms with Gasteiger partial charge in [0.2, 0.25) is 0 Å². The molecule has 0 aliphatic rings. The van der Waals surface area contributed by atoms with Crippen LogP contribution in [0.25, 0.3) is 0 Å². The molecule has 0 aliphatic carbocycles. The van der Waals surface area contributed by atoms with Crippen molar-refractivity contribution in [3.8, 4) is 0 Å². The molecule has 0 heterocycles. The van der Waals surface area contributed by atoms with Crippen molar-refractivity contribution >= 4 is 27.7 Å². The van der Waals surface area contributed by atoms with E-state index in [-0.39, 0.29) is 0 Å². The molecule has 1 rings (SSSR count). The molecule has 1 aromatic rings. The molecule has 0 aliphatic heterocycles. The Morgan fingerprint density at radius 3 is 2.79 bits per heavy atom. The van der Waals surface area contributed by atoms with Crippen molar-refractivity contribution in [2.24, 2.45) is 0 Å². The van der Waals surface area contributed by atoms with E-state index in [4.69, 9.17) is 0 Å². The van der Waals surface area contributed by atoms with E-state index >= 15 is 0 Å². The first-order chi connectivity index (χ1) is 9.13. The number of halogens is 1. The molecule has 0 bridgehead atoms. The average Bonchev–Trinajstić information content (AvgIpc) is 2.39. The van der Waals surface area contributed by atoms with Crippen LogP contribution in [0, 0.1) is 0 Å². The van der Waals surface area contributed by atoms with Crippen molar-refractivity contribution < 1.29 is 0 Å². The van der Waals surface area contributed by atoms with Gasteiger partial charge in [-0.25, -0.2) is 0 Å². The van der Waals surface area contributed by atoms with Crippen molar-refractivity contribution in [3.05, 3.63) is 40.9 Å². The summed E-state index contributed by atoms with van der Waals surface area (Å²) in [6.45, 7) is 9.41. The molecule has 0 aromatic heterocycles. The SMILES string of the molecule is C=C(C)CCC(CSc1ccccc1Br)NCCC. The molecule has 0 spiro atoms. The predicted molar refractivity (Wildman–Crippen MR) is 91.0 cm³/mol. The number of rotatable bonds is 9. The number of hydrogen-bond donors (Lipinski definition) is 1. The lowest BCUT2D eigenvalue weighted by Gasteiger charge is -2.18. The highest BCUT2D eigenvalue weighted by Crippen LogP contribution is 2.28. The third kappa shape index (κ3) is 7.19. The summed E-state index contributed by atoms with van der Waals surface area (Å²) in [6, 6.07) is 8.99. The number of benzene rings is 1. The standard InChI is InChI=1S/C16H24BrNS/c1-4-11-18-14(10-9-13(2)3)12-19-16-8-6-5-7-15(16)17/h5-8,14,18H,2,4,9-12H2,1,3H3. The highest BCUT2D eigenvalue weighted by molar-refractivity contribution is 9.10. The molecule has 106 valence electrons.